The van der Waals surface area contributed by atoms with Gasteiger partial charge in [0.1, 0.15) is 18.6 Å². The van der Waals surface area contributed by atoms with Crippen molar-refractivity contribution in [3.63, 3.8) is 0 Å². The second kappa shape index (κ2) is 5.49. The lowest BCUT2D eigenvalue weighted by Gasteiger charge is -2.32. The zero-order chi connectivity index (χ0) is 15.7. The number of rotatable bonds is 4. The van der Waals surface area contributed by atoms with Crippen LogP contribution in [0.3, 0.4) is 0 Å². The summed E-state index contributed by atoms with van der Waals surface area (Å²) in [5.74, 6) is 0.505. The number of fused-ring (bicyclic) bond motifs is 1. The van der Waals surface area contributed by atoms with E-state index in [4.69, 9.17) is 21.1 Å². The fourth-order valence-corrected chi connectivity index (χ4v) is 2.40. The number of ether oxygens (including phenoxy) is 2. The molecule has 0 saturated carbocycles. The van der Waals surface area contributed by atoms with E-state index in [1.54, 1.807) is 28.8 Å². The Balaban J connectivity index is 1.69. The molecule has 1 aliphatic rings. The van der Waals surface area contributed by atoms with Gasteiger partial charge in [0.15, 0.2) is 0 Å². The molecule has 1 aromatic carbocycles. The molecule has 0 aliphatic carbocycles. The van der Waals surface area contributed by atoms with Gasteiger partial charge in [-0.2, -0.15) is 0 Å². The second-order valence-electron chi connectivity index (χ2n) is 5.61. The predicted molar refractivity (Wildman–Crippen MR) is 79.4 cm³/mol. The first-order chi connectivity index (χ1) is 10.5. The van der Waals surface area contributed by atoms with Gasteiger partial charge in [-0.1, -0.05) is 18.5 Å². The molecule has 0 amide bonds. The van der Waals surface area contributed by atoms with Gasteiger partial charge in [0.2, 0.25) is 0 Å². The first-order valence-corrected chi connectivity index (χ1v) is 7.06. The highest BCUT2D eigenvalue weighted by Gasteiger charge is 2.36. The molecule has 1 atom stereocenters. The van der Waals surface area contributed by atoms with Crippen molar-refractivity contribution in [1.29, 1.82) is 0 Å². The molecule has 0 saturated heterocycles. The third-order valence-corrected chi connectivity index (χ3v) is 3.67. The van der Waals surface area contributed by atoms with Crippen LogP contribution < -0.4 is 9.47 Å². The van der Waals surface area contributed by atoms with Crippen molar-refractivity contribution < 1.29 is 14.4 Å². The lowest BCUT2D eigenvalue weighted by molar-refractivity contribution is -0.389. The van der Waals surface area contributed by atoms with Crippen LogP contribution in [0.2, 0.25) is 5.02 Å². The number of benzene rings is 1. The number of nitrogens with zero attached hydrogens (tertiary/aromatic N) is 3. The van der Waals surface area contributed by atoms with E-state index in [1.165, 1.54) is 6.20 Å². The topological polar surface area (TPSA) is 79.4 Å². The predicted octanol–water partition coefficient (Wildman–Crippen LogP) is 2.92. The van der Waals surface area contributed by atoms with Crippen LogP contribution in [-0.2, 0) is 6.54 Å². The maximum atomic E-state index is 10.8. The van der Waals surface area contributed by atoms with Gasteiger partial charge >= 0.3 is 11.8 Å². The maximum Gasteiger partial charge on any atom is 0.414 e. The van der Waals surface area contributed by atoms with Gasteiger partial charge in [0, 0.05) is 16.6 Å². The van der Waals surface area contributed by atoms with Crippen LogP contribution in [0.5, 0.6) is 11.8 Å². The van der Waals surface area contributed by atoms with Gasteiger partial charge < -0.3 is 19.6 Å². The SMILES string of the molecule is C[C@@]1(COc2ccc(Cl)cc2)COc2nc([N+](=O)[O-])cn2C1. The van der Waals surface area contributed by atoms with E-state index in [0.29, 0.717) is 30.5 Å². The molecule has 1 aliphatic heterocycles. The highest BCUT2D eigenvalue weighted by molar-refractivity contribution is 6.30. The zero-order valence-electron chi connectivity index (χ0n) is 11.9. The minimum absolute atomic E-state index is 0.210. The second-order valence-corrected chi connectivity index (χ2v) is 6.05. The largest absolute Gasteiger partial charge is 0.493 e. The molecular weight excluding hydrogens is 310 g/mol. The first-order valence-electron chi connectivity index (χ1n) is 6.68. The Hall–Kier alpha value is -2.28. The molecule has 2 aromatic rings. The molecular formula is C14H14ClN3O4. The smallest absolute Gasteiger partial charge is 0.414 e. The highest BCUT2D eigenvalue weighted by Crippen LogP contribution is 2.31. The number of imidazole rings is 1. The summed E-state index contributed by atoms with van der Waals surface area (Å²) in [6.07, 6.45) is 1.38. The number of aromatic nitrogens is 2. The number of hydrogen-bond acceptors (Lipinski definition) is 5. The van der Waals surface area contributed by atoms with Gasteiger partial charge in [0.25, 0.3) is 0 Å². The van der Waals surface area contributed by atoms with Crippen molar-refractivity contribution in [1.82, 2.24) is 9.55 Å². The third-order valence-electron chi connectivity index (χ3n) is 3.42. The minimum atomic E-state index is -0.532. The van der Waals surface area contributed by atoms with E-state index < -0.39 is 4.92 Å². The quantitative estimate of drug-likeness (QED) is 0.638. The maximum absolute atomic E-state index is 10.8. The van der Waals surface area contributed by atoms with Crippen LogP contribution in [-0.4, -0.2) is 27.7 Å². The summed E-state index contributed by atoms with van der Waals surface area (Å²) < 4.78 is 12.9. The van der Waals surface area contributed by atoms with Crippen molar-refractivity contribution in [3.8, 4) is 11.8 Å². The van der Waals surface area contributed by atoms with E-state index in [1.807, 2.05) is 6.92 Å². The Morgan fingerprint density at radius 2 is 2.23 bits per heavy atom. The van der Waals surface area contributed by atoms with Crippen molar-refractivity contribution >= 4 is 17.4 Å². The molecule has 0 radical (unpaired) electrons. The molecule has 1 aromatic heterocycles. The molecule has 22 heavy (non-hydrogen) atoms. The monoisotopic (exact) mass is 323 g/mol. The Morgan fingerprint density at radius 1 is 1.50 bits per heavy atom. The van der Waals surface area contributed by atoms with Crippen LogP contribution in [0, 0.1) is 15.5 Å². The average Bonchev–Trinajstić information content (AvgIpc) is 2.90. The summed E-state index contributed by atoms with van der Waals surface area (Å²) in [4.78, 5) is 14.1. The normalized spacial score (nSPS) is 20.1. The lowest BCUT2D eigenvalue weighted by Crippen LogP contribution is -2.39. The van der Waals surface area contributed by atoms with E-state index in [-0.39, 0.29) is 17.2 Å². The van der Waals surface area contributed by atoms with Crippen molar-refractivity contribution in [2.75, 3.05) is 13.2 Å². The fourth-order valence-electron chi connectivity index (χ4n) is 2.27. The summed E-state index contributed by atoms with van der Waals surface area (Å²) in [7, 11) is 0. The molecule has 0 N–H and O–H groups in total. The van der Waals surface area contributed by atoms with Gasteiger partial charge in [0.05, 0.1) is 12.0 Å². The number of halogens is 1. The summed E-state index contributed by atoms with van der Waals surface area (Å²) in [5, 5.41) is 11.4. The van der Waals surface area contributed by atoms with Gasteiger partial charge in [-0.15, -0.1) is 0 Å². The van der Waals surface area contributed by atoms with E-state index in [0.717, 1.165) is 0 Å². The zero-order valence-corrected chi connectivity index (χ0v) is 12.6. The Labute approximate surface area is 131 Å². The van der Waals surface area contributed by atoms with Crippen molar-refractivity contribution in [2.45, 2.75) is 13.5 Å². The molecule has 3 rings (SSSR count). The van der Waals surface area contributed by atoms with Crippen molar-refractivity contribution in [2.24, 2.45) is 5.41 Å². The van der Waals surface area contributed by atoms with Crippen LogP contribution in [0.15, 0.2) is 30.5 Å². The fraction of sp³-hybridized carbons (Fsp3) is 0.357. The third kappa shape index (κ3) is 2.99. The van der Waals surface area contributed by atoms with Crippen LogP contribution in [0.25, 0.3) is 0 Å². The molecule has 0 fully saturated rings. The molecule has 7 nitrogen and oxygen atoms in total. The van der Waals surface area contributed by atoms with Crippen molar-refractivity contribution in [3.05, 3.63) is 45.6 Å². The highest BCUT2D eigenvalue weighted by atomic mass is 35.5. The molecule has 116 valence electrons. The van der Waals surface area contributed by atoms with Crippen LogP contribution in [0.1, 0.15) is 6.92 Å². The molecule has 0 bridgehead atoms. The molecule has 0 unspecified atom stereocenters. The Bertz CT molecular complexity index is 701. The van der Waals surface area contributed by atoms with Gasteiger partial charge in [-0.05, 0) is 29.2 Å². The van der Waals surface area contributed by atoms with Gasteiger partial charge in [-0.25, -0.2) is 0 Å². The van der Waals surface area contributed by atoms with Crippen LogP contribution in [0.4, 0.5) is 5.82 Å². The molecule has 2 heterocycles. The lowest BCUT2D eigenvalue weighted by atomic mass is 9.92. The summed E-state index contributed by atoms with van der Waals surface area (Å²) in [6.45, 7) is 3.34. The number of nitro groups is 1. The Kier molecular flexibility index (Phi) is 3.66. The molecule has 8 heteroatoms. The van der Waals surface area contributed by atoms with E-state index >= 15 is 0 Å². The minimum Gasteiger partial charge on any atom is -0.493 e. The molecule has 0 spiro atoms. The van der Waals surface area contributed by atoms with E-state index in [2.05, 4.69) is 4.98 Å². The Morgan fingerprint density at radius 3 is 2.91 bits per heavy atom. The van der Waals surface area contributed by atoms with Crippen LogP contribution >= 0.6 is 11.6 Å². The number of hydrogen-bond donors (Lipinski definition) is 0. The summed E-state index contributed by atoms with van der Waals surface area (Å²) >= 11 is 5.83. The average molecular weight is 324 g/mol. The van der Waals surface area contributed by atoms with E-state index in [9.17, 15) is 10.1 Å². The first kappa shape index (κ1) is 14.6. The standard InChI is InChI=1S/C14H14ClN3O4/c1-14(8-21-11-4-2-10(15)3-5-11)7-17-6-12(18(19)20)16-13(17)22-9-14/h2-6H,7-9H2,1H3/t14-/m1/s1. The summed E-state index contributed by atoms with van der Waals surface area (Å²) in [6, 6.07) is 7.38. The van der Waals surface area contributed by atoms with Gasteiger partial charge in [-0.3, -0.25) is 4.57 Å². The summed E-state index contributed by atoms with van der Waals surface area (Å²) in [5.41, 5.74) is -0.304.